The summed E-state index contributed by atoms with van der Waals surface area (Å²) in [5.41, 5.74) is 11.3. The third-order valence-electron chi connectivity index (χ3n) is 1.75. The summed E-state index contributed by atoms with van der Waals surface area (Å²) in [6, 6.07) is 0.150. The first-order valence-electron chi connectivity index (χ1n) is 3.93. The third kappa shape index (κ3) is 4.02. The highest BCUT2D eigenvalue weighted by Crippen LogP contribution is 2.14. The van der Waals surface area contributed by atoms with Crippen molar-refractivity contribution in [1.29, 1.82) is 0 Å². The Kier molecular flexibility index (Phi) is 5.43. The Bertz CT molecular complexity index is 250. The summed E-state index contributed by atoms with van der Waals surface area (Å²) in [7, 11) is 0. The maximum atomic E-state index is 5.86. The van der Waals surface area contributed by atoms with E-state index in [1.807, 2.05) is 0 Å². The van der Waals surface area contributed by atoms with Gasteiger partial charge in [-0.3, -0.25) is 0 Å². The predicted octanol–water partition coefficient (Wildman–Crippen LogP) is 1.22. The van der Waals surface area contributed by atoms with Crippen molar-refractivity contribution in [2.45, 2.75) is 26.3 Å². The lowest BCUT2D eigenvalue weighted by atomic mass is 10.0. The van der Waals surface area contributed by atoms with Crippen LogP contribution in [-0.4, -0.2) is 16.2 Å². The minimum absolute atomic E-state index is 0. The maximum absolute atomic E-state index is 5.86. The Balaban J connectivity index is 0.00000144. The molecule has 1 rings (SSSR count). The van der Waals surface area contributed by atoms with Crippen LogP contribution in [-0.2, 0) is 6.42 Å². The molecule has 0 aliphatic carbocycles. The molecule has 1 aromatic heterocycles. The third-order valence-corrected chi connectivity index (χ3v) is 2.52. The van der Waals surface area contributed by atoms with Gasteiger partial charge < -0.3 is 11.5 Å². The Morgan fingerprint density at radius 1 is 1.38 bits per heavy atom. The number of halogens is 1. The summed E-state index contributed by atoms with van der Waals surface area (Å²) in [6.07, 6.45) is 0.770. The minimum atomic E-state index is 0. The van der Waals surface area contributed by atoms with Gasteiger partial charge in [-0.25, -0.2) is 0 Å². The highest BCUT2D eigenvalue weighted by Gasteiger charge is 2.11. The van der Waals surface area contributed by atoms with Gasteiger partial charge in [-0.1, -0.05) is 25.2 Å². The van der Waals surface area contributed by atoms with Crippen LogP contribution in [0.5, 0.6) is 0 Å². The van der Waals surface area contributed by atoms with Crippen molar-refractivity contribution in [3.8, 4) is 0 Å². The highest BCUT2D eigenvalue weighted by molar-refractivity contribution is 8.93. The standard InChI is InChI=1S/C7H14N4S.BrH/c1-4(2)5(8)3-6-10-11-7(9)12-6;/h4-5H,3,8H2,1-2H3,(H2,9,11);1H/t5-;/m1./s1. The normalized spacial score (nSPS) is 12.6. The lowest BCUT2D eigenvalue weighted by molar-refractivity contribution is 0.488. The average molecular weight is 267 g/mol. The maximum Gasteiger partial charge on any atom is 0.203 e. The molecule has 0 fully saturated rings. The Labute approximate surface area is 92.5 Å². The fourth-order valence-corrected chi connectivity index (χ4v) is 1.47. The second-order valence-electron chi connectivity index (χ2n) is 3.15. The Morgan fingerprint density at radius 2 is 2.00 bits per heavy atom. The van der Waals surface area contributed by atoms with Crippen molar-refractivity contribution in [2.24, 2.45) is 11.7 Å². The first-order chi connectivity index (χ1) is 5.59. The van der Waals surface area contributed by atoms with Crippen LogP contribution in [0.25, 0.3) is 0 Å². The van der Waals surface area contributed by atoms with Crippen molar-refractivity contribution < 1.29 is 0 Å². The lowest BCUT2D eigenvalue weighted by Gasteiger charge is -2.12. The second-order valence-corrected chi connectivity index (χ2v) is 4.24. The first-order valence-corrected chi connectivity index (χ1v) is 4.74. The van der Waals surface area contributed by atoms with Crippen LogP contribution in [0.15, 0.2) is 0 Å². The Hall–Kier alpha value is -0.200. The monoisotopic (exact) mass is 266 g/mol. The molecule has 0 spiro atoms. The van der Waals surface area contributed by atoms with Gasteiger partial charge in [0.05, 0.1) is 0 Å². The molecule has 1 atom stereocenters. The van der Waals surface area contributed by atoms with Crippen molar-refractivity contribution in [3.05, 3.63) is 5.01 Å². The fourth-order valence-electron chi connectivity index (χ4n) is 0.786. The molecule has 1 heterocycles. The van der Waals surface area contributed by atoms with Gasteiger partial charge in [0, 0.05) is 12.5 Å². The molecule has 0 aliphatic heterocycles. The first kappa shape index (κ1) is 12.8. The van der Waals surface area contributed by atoms with Crippen molar-refractivity contribution in [2.75, 3.05) is 5.73 Å². The van der Waals surface area contributed by atoms with E-state index in [4.69, 9.17) is 11.5 Å². The van der Waals surface area contributed by atoms with E-state index in [0.717, 1.165) is 11.4 Å². The van der Waals surface area contributed by atoms with Crippen molar-refractivity contribution in [3.63, 3.8) is 0 Å². The summed E-state index contributed by atoms with van der Waals surface area (Å²) >= 11 is 1.41. The van der Waals surface area contributed by atoms with Crippen molar-refractivity contribution in [1.82, 2.24) is 10.2 Å². The van der Waals surface area contributed by atoms with Gasteiger partial charge in [0.2, 0.25) is 5.13 Å². The topological polar surface area (TPSA) is 77.8 Å². The molecule has 13 heavy (non-hydrogen) atoms. The fraction of sp³-hybridized carbons (Fsp3) is 0.714. The van der Waals surface area contributed by atoms with E-state index in [1.165, 1.54) is 11.3 Å². The number of anilines is 1. The predicted molar refractivity (Wildman–Crippen MR) is 61.2 cm³/mol. The quantitative estimate of drug-likeness (QED) is 0.863. The summed E-state index contributed by atoms with van der Waals surface area (Å²) in [5.74, 6) is 0.468. The number of aromatic nitrogens is 2. The summed E-state index contributed by atoms with van der Waals surface area (Å²) in [6.45, 7) is 4.18. The second kappa shape index (κ2) is 5.51. The van der Waals surface area contributed by atoms with Gasteiger partial charge in [-0.05, 0) is 5.92 Å². The van der Waals surface area contributed by atoms with Crippen LogP contribution in [0.3, 0.4) is 0 Å². The van der Waals surface area contributed by atoms with Crippen LogP contribution < -0.4 is 11.5 Å². The molecule has 76 valence electrons. The number of nitrogen functional groups attached to an aromatic ring is 1. The van der Waals surface area contributed by atoms with E-state index < -0.39 is 0 Å². The average Bonchev–Trinajstić information content (AvgIpc) is 2.35. The number of nitrogens with zero attached hydrogens (tertiary/aromatic N) is 2. The highest BCUT2D eigenvalue weighted by atomic mass is 79.9. The van der Waals surface area contributed by atoms with E-state index in [0.29, 0.717) is 11.0 Å². The van der Waals surface area contributed by atoms with Crippen LogP contribution in [0.4, 0.5) is 5.13 Å². The van der Waals surface area contributed by atoms with E-state index in [1.54, 1.807) is 0 Å². The minimum Gasteiger partial charge on any atom is -0.374 e. The number of nitrogens with two attached hydrogens (primary N) is 2. The molecule has 0 radical (unpaired) electrons. The number of rotatable bonds is 3. The van der Waals surface area contributed by atoms with E-state index in [9.17, 15) is 0 Å². The number of hydrogen-bond acceptors (Lipinski definition) is 5. The van der Waals surface area contributed by atoms with Crippen LogP contribution >= 0.6 is 28.3 Å². The number of hydrogen-bond donors (Lipinski definition) is 2. The molecule has 1 aromatic rings. The smallest absolute Gasteiger partial charge is 0.203 e. The molecule has 4 nitrogen and oxygen atoms in total. The molecule has 4 N–H and O–H groups in total. The summed E-state index contributed by atoms with van der Waals surface area (Å²) in [4.78, 5) is 0. The lowest BCUT2D eigenvalue weighted by Crippen LogP contribution is -2.28. The zero-order valence-electron chi connectivity index (χ0n) is 7.73. The largest absolute Gasteiger partial charge is 0.374 e. The molecule has 0 saturated carbocycles. The molecular formula is C7H15BrN4S. The molecule has 0 saturated heterocycles. The van der Waals surface area contributed by atoms with Gasteiger partial charge >= 0.3 is 0 Å². The van der Waals surface area contributed by atoms with Gasteiger partial charge in [0.25, 0.3) is 0 Å². The van der Waals surface area contributed by atoms with Crippen molar-refractivity contribution >= 4 is 33.4 Å². The molecule has 0 aliphatic rings. The summed E-state index contributed by atoms with van der Waals surface area (Å²) in [5, 5.41) is 9.06. The van der Waals surface area contributed by atoms with Gasteiger partial charge in [0.15, 0.2) is 0 Å². The Morgan fingerprint density at radius 3 is 2.38 bits per heavy atom. The van der Waals surface area contributed by atoms with Gasteiger partial charge in [-0.15, -0.1) is 27.2 Å². The van der Waals surface area contributed by atoms with Gasteiger partial charge in [-0.2, -0.15) is 0 Å². The molecule has 0 aromatic carbocycles. The zero-order chi connectivity index (χ0) is 9.14. The molecule has 6 heteroatoms. The van der Waals surface area contributed by atoms with E-state index in [2.05, 4.69) is 24.0 Å². The molecule has 0 bridgehead atoms. The molecule has 0 amide bonds. The zero-order valence-corrected chi connectivity index (χ0v) is 10.3. The molecule has 0 unspecified atom stereocenters. The van der Waals surface area contributed by atoms with Crippen LogP contribution in [0, 0.1) is 5.92 Å². The molecular weight excluding hydrogens is 252 g/mol. The van der Waals surface area contributed by atoms with Crippen LogP contribution in [0.2, 0.25) is 0 Å². The van der Waals surface area contributed by atoms with E-state index in [-0.39, 0.29) is 23.0 Å². The SMILES string of the molecule is Br.CC(C)[C@H](N)Cc1nnc(N)s1. The van der Waals surface area contributed by atoms with E-state index >= 15 is 0 Å². The summed E-state index contributed by atoms with van der Waals surface area (Å²) < 4.78 is 0. The van der Waals surface area contributed by atoms with Gasteiger partial charge in [0.1, 0.15) is 5.01 Å². The van der Waals surface area contributed by atoms with Crippen LogP contribution in [0.1, 0.15) is 18.9 Å².